The molecular formula is C14H16F2N2O3. The van der Waals surface area contributed by atoms with E-state index in [2.05, 4.69) is 9.72 Å². The van der Waals surface area contributed by atoms with Gasteiger partial charge in [0.2, 0.25) is 0 Å². The second-order valence-electron chi connectivity index (χ2n) is 4.46. The Kier molecular flexibility index (Phi) is 4.74. The van der Waals surface area contributed by atoms with Crippen molar-refractivity contribution >= 4 is 0 Å². The minimum Gasteiger partial charge on any atom is -0.493 e. The van der Waals surface area contributed by atoms with Gasteiger partial charge in [-0.3, -0.25) is 0 Å². The zero-order valence-corrected chi connectivity index (χ0v) is 11.7. The van der Waals surface area contributed by atoms with Gasteiger partial charge in [-0.1, -0.05) is 6.07 Å². The Morgan fingerprint density at radius 3 is 2.67 bits per heavy atom. The number of nitrogens with zero attached hydrogens (tertiary/aromatic N) is 2. The Morgan fingerprint density at radius 2 is 2.10 bits per heavy atom. The summed E-state index contributed by atoms with van der Waals surface area (Å²) in [6, 6.07) is 4.43. The summed E-state index contributed by atoms with van der Waals surface area (Å²) in [5.41, 5.74) is 0.453. The molecule has 0 bridgehead atoms. The van der Waals surface area contributed by atoms with E-state index < -0.39 is 12.7 Å². The molecule has 0 amide bonds. The topological polar surface area (TPSA) is 56.5 Å². The van der Waals surface area contributed by atoms with E-state index in [1.54, 1.807) is 23.0 Å². The van der Waals surface area contributed by atoms with Crippen LogP contribution in [0, 0.1) is 0 Å². The van der Waals surface area contributed by atoms with Crippen LogP contribution in [0.25, 0.3) is 0 Å². The number of aryl methyl sites for hydroxylation is 1. The number of imidazole rings is 1. The second-order valence-corrected chi connectivity index (χ2v) is 4.46. The van der Waals surface area contributed by atoms with Gasteiger partial charge in [-0.25, -0.2) is 4.98 Å². The summed E-state index contributed by atoms with van der Waals surface area (Å²) in [5, 5.41) is 10.2. The van der Waals surface area contributed by atoms with E-state index in [9.17, 15) is 13.9 Å². The summed E-state index contributed by atoms with van der Waals surface area (Å²) in [5.74, 6) is 0.766. The van der Waals surface area contributed by atoms with Gasteiger partial charge < -0.3 is 19.1 Å². The number of aliphatic hydroxyl groups is 1. The first kappa shape index (κ1) is 15.2. The number of ether oxygens (including phenoxy) is 2. The molecule has 0 radical (unpaired) electrons. The fourth-order valence-electron chi connectivity index (χ4n) is 1.97. The van der Waals surface area contributed by atoms with Crippen LogP contribution in [-0.4, -0.2) is 28.4 Å². The normalized spacial score (nSPS) is 12.5. The molecule has 2 aromatic rings. The number of alkyl halides is 2. The lowest BCUT2D eigenvalue weighted by Gasteiger charge is -2.15. The third-order valence-electron chi connectivity index (χ3n) is 3.09. The van der Waals surface area contributed by atoms with Crippen LogP contribution in [0.1, 0.15) is 17.5 Å². The summed E-state index contributed by atoms with van der Waals surface area (Å²) in [7, 11) is 3.17. The lowest BCUT2D eigenvalue weighted by atomic mass is 10.1. The van der Waals surface area contributed by atoms with Crippen molar-refractivity contribution in [1.82, 2.24) is 9.55 Å². The number of aromatic nitrogens is 2. The molecule has 7 heteroatoms. The van der Waals surface area contributed by atoms with Crippen molar-refractivity contribution in [2.75, 3.05) is 7.11 Å². The number of hydrogen-bond acceptors (Lipinski definition) is 4. The van der Waals surface area contributed by atoms with Crippen LogP contribution in [0.3, 0.4) is 0 Å². The lowest BCUT2D eigenvalue weighted by Crippen LogP contribution is -2.08. The van der Waals surface area contributed by atoms with Gasteiger partial charge in [-0.2, -0.15) is 8.78 Å². The van der Waals surface area contributed by atoms with Crippen molar-refractivity contribution in [3.63, 3.8) is 0 Å². The van der Waals surface area contributed by atoms with Crippen LogP contribution in [0.5, 0.6) is 11.5 Å². The van der Waals surface area contributed by atoms with Gasteiger partial charge in [0, 0.05) is 25.9 Å². The average Bonchev–Trinajstić information content (AvgIpc) is 2.83. The molecule has 5 nitrogen and oxygen atoms in total. The smallest absolute Gasteiger partial charge is 0.387 e. The van der Waals surface area contributed by atoms with Crippen molar-refractivity contribution in [3.05, 3.63) is 42.0 Å². The molecule has 1 aromatic carbocycles. The molecule has 21 heavy (non-hydrogen) atoms. The second kappa shape index (κ2) is 6.53. The first-order chi connectivity index (χ1) is 10.0. The fourth-order valence-corrected chi connectivity index (χ4v) is 1.97. The Labute approximate surface area is 120 Å². The van der Waals surface area contributed by atoms with Crippen LogP contribution >= 0.6 is 0 Å². The fraction of sp³-hybridized carbons (Fsp3) is 0.357. The van der Waals surface area contributed by atoms with Gasteiger partial charge in [-0.05, 0) is 17.7 Å². The highest BCUT2D eigenvalue weighted by molar-refractivity contribution is 5.43. The van der Waals surface area contributed by atoms with Crippen LogP contribution in [0.15, 0.2) is 30.6 Å². The predicted molar refractivity (Wildman–Crippen MR) is 71.5 cm³/mol. The van der Waals surface area contributed by atoms with Crippen molar-refractivity contribution in [2.24, 2.45) is 7.05 Å². The Hall–Kier alpha value is -2.15. The summed E-state index contributed by atoms with van der Waals surface area (Å²) in [6.45, 7) is -2.96. The molecule has 0 saturated heterocycles. The molecule has 2 rings (SSSR count). The van der Waals surface area contributed by atoms with Crippen molar-refractivity contribution in [1.29, 1.82) is 0 Å². The largest absolute Gasteiger partial charge is 0.493 e. The number of halogens is 2. The van der Waals surface area contributed by atoms with Crippen LogP contribution in [-0.2, 0) is 13.5 Å². The number of benzene rings is 1. The average molecular weight is 298 g/mol. The standard InChI is InChI=1S/C14H16F2N2O3/c1-18-6-5-17-13(18)8-10(19)9-3-4-11(20-2)12(7-9)21-14(15)16/h3-7,10,14,19H,8H2,1-2H3. The van der Waals surface area contributed by atoms with Gasteiger partial charge in [0.15, 0.2) is 11.5 Å². The molecule has 0 saturated carbocycles. The van der Waals surface area contributed by atoms with Crippen LogP contribution in [0.2, 0.25) is 0 Å². The molecule has 114 valence electrons. The van der Waals surface area contributed by atoms with Crippen molar-refractivity contribution in [2.45, 2.75) is 19.1 Å². The molecule has 0 aliphatic heterocycles. The monoisotopic (exact) mass is 298 g/mol. The van der Waals surface area contributed by atoms with E-state index in [4.69, 9.17) is 4.74 Å². The third kappa shape index (κ3) is 3.69. The van der Waals surface area contributed by atoms with E-state index in [-0.39, 0.29) is 17.9 Å². The highest BCUT2D eigenvalue weighted by atomic mass is 19.3. The summed E-state index contributed by atoms with van der Waals surface area (Å²) < 4.78 is 35.9. The lowest BCUT2D eigenvalue weighted by molar-refractivity contribution is -0.0513. The molecule has 0 fully saturated rings. The summed E-state index contributed by atoms with van der Waals surface area (Å²) >= 11 is 0. The van der Waals surface area contributed by atoms with E-state index in [0.717, 1.165) is 0 Å². The Balaban J connectivity index is 2.20. The molecular weight excluding hydrogens is 282 g/mol. The van der Waals surface area contributed by atoms with Gasteiger partial charge >= 0.3 is 6.61 Å². The molecule has 1 atom stereocenters. The highest BCUT2D eigenvalue weighted by Crippen LogP contribution is 2.32. The first-order valence-electron chi connectivity index (χ1n) is 6.28. The number of rotatable bonds is 6. The van der Waals surface area contributed by atoms with Crippen molar-refractivity contribution in [3.8, 4) is 11.5 Å². The summed E-state index contributed by atoms with van der Waals surface area (Å²) in [4.78, 5) is 4.11. The zero-order valence-electron chi connectivity index (χ0n) is 11.7. The SMILES string of the molecule is COc1ccc(C(O)Cc2nccn2C)cc1OC(F)F. The molecule has 0 spiro atoms. The molecule has 1 unspecified atom stereocenters. The summed E-state index contributed by atoms with van der Waals surface area (Å²) in [6.07, 6.45) is 2.78. The van der Waals surface area contributed by atoms with E-state index in [0.29, 0.717) is 11.4 Å². The minimum atomic E-state index is -2.96. The van der Waals surface area contributed by atoms with E-state index in [1.165, 1.54) is 19.2 Å². The molecule has 0 aliphatic carbocycles. The maximum absolute atomic E-state index is 12.4. The Morgan fingerprint density at radius 1 is 1.33 bits per heavy atom. The first-order valence-corrected chi connectivity index (χ1v) is 6.28. The maximum atomic E-state index is 12.4. The van der Waals surface area contributed by atoms with E-state index >= 15 is 0 Å². The van der Waals surface area contributed by atoms with Crippen LogP contribution in [0.4, 0.5) is 8.78 Å². The zero-order chi connectivity index (χ0) is 15.4. The number of hydrogen-bond donors (Lipinski definition) is 1. The number of aliphatic hydroxyl groups excluding tert-OH is 1. The number of methoxy groups -OCH3 is 1. The minimum absolute atomic E-state index is 0.108. The van der Waals surface area contributed by atoms with Gasteiger partial charge in [0.25, 0.3) is 0 Å². The van der Waals surface area contributed by atoms with Gasteiger partial charge in [0.1, 0.15) is 5.82 Å². The highest BCUT2D eigenvalue weighted by Gasteiger charge is 2.16. The predicted octanol–water partition coefficient (Wildman–Crippen LogP) is 2.31. The molecule has 0 aliphatic rings. The molecule has 1 heterocycles. The van der Waals surface area contributed by atoms with E-state index in [1.807, 2.05) is 7.05 Å². The van der Waals surface area contributed by atoms with Crippen molar-refractivity contribution < 1.29 is 23.4 Å². The van der Waals surface area contributed by atoms with Gasteiger partial charge in [0.05, 0.1) is 13.2 Å². The quantitative estimate of drug-likeness (QED) is 0.889. The maximum Gasteiger partial charge on any atom is 0.387 e. The molecule has 1 N–H and O–H groups in total. The molecule has 1 aromatic heterocycles. The Bertz CT molecular complexity index is 602. The third-order valence-corrected chi connectivity index (χ3v) is 3.09. The van der Waals surface area contributed by atoms with Crippen LogP contribution < -0.4 is 9.47 Å². The van der Waals surface area contributed by atoms with Gasteiger partial charge in [-0.15, -0.1) is 0 Å².